The van der Waals surface area contributed by atoms with Crippen LogP contribution in [-0.4, -0.2) is 19.5 Å². The summed E-state index contributed by atoms with van der Waals surface area (Å²) in [6.07, 6.45) is -1.59. The van der Waals surface area contributed by atoms with Gasteiger partial charge in [0.25, 0.3) is 11.1 Å². The smallest absolute Gasteiger partial charge is 0.326 e. The molecule has 2 rings (SSSR count). The number of hydrogen-bond acceptors (Lipinski definition) is 4. The minimum absolute atomic E-state index is 0.0826. The first-order valence-electron chi connectivity index (χ1n) is 5.03. The van der Waals surface area contributed by atoms with Gasteiger partial charge in [-0.15, -0.1) is 0 Å². The third-order valence-corrected chi connectivity index (χ3v) is 2.23. The molecule has 0 bridgehead atoms. The molecule has 2 heterocycles. The van der Waals surface area contributed by atoms with Crippen LogP contribution in [0.4, 0.5) is 13.2 Å². The van der Waals surface area contributed by atoms with Gasteiger partial charge in [-0.05, 0) is 0 Å². The molecule has 0 aliphatic heterocycles. The molecule has 2 aromatic heterocycles. The predicted octanol–water partition coefficient (Wildman–Crippen LogP) is 0.394. The Morgan fingerprint density at radius 1 is 1.26 bits per heavy atom. The van der Waals surface area contributed by atoms with Crippen LogP contribution in [0.1, 0.15) is 11.4 Å². The number of aromatic amines is 1. The van der Waals surface area contributed by atoms with Crippen molar-refractivity contribution in [3.05, 3.63) is 56.9 Å². The second kappa shape index (κ2) is 4.67. The standard InChI is InChI=1S/C10H7F3N4O2/c11-10(12,13)7-1-9(19)17(5-16-7)4-6-2-15-8(18)3-14-6/h1-3,5H,4H2,(H,15,18). The van der Waals surface area contributed by atoms with Gasteiger partial charge in [0.2, 0.25) is 0 Å². The summed E-state index contributed by atoms with van der Waals surface area (Å²) in [6.45, 7) is -0.0826. The zero-order valence-corrected chi connectivity index (χ0v) is 9.31. The summed E-state index contributed by atoms with van der Waals surface area (Å²) in [4.78, 5) is 31.5. The normalized spacial score (nSPS) is 11.5. The van der Waals surface area contributed by atoms with Gasteiger partial charge in [-0.3, -0.25) is 19.1 Å². The Labute approximate surface area is 103 Å². The first-order chi connectivity index (χ1) is 8.86. The molecule has 0 unspecified atom stereocenters. The van der Waals surface area contributed by atoms with Crippen molar-refractivity contribution in [2.75, 3.05) is 0 Å². The number of nitrogens with zero attached hydrogens (tertiary/aromatic N) is 3. The van der Waals surface area contributed by atoms with E-state index in [4.69, 9.17) is 0 Å². The van der Waals surface area contributed by atoms with Gasteiger partial charge in [-0.25, -0.2) is 4.98 Å². The molecular formula is C10H7F3N4O2. The predicted molar refractivity (Wildman–Crippen MR) is 57.5 cm³/mol. The molecule has 0 aliphatic carbocycles. The van der Waals surface area contributed by atoms with Crippen molar-refractivity contribution in [2.45, 2.75) is 12.7 Å². The second-order valence-electron chi connectivity index (χ2n) is 3.64. The van der Waals surface area contributed by atoms with E-state index in [9.17, 15) is 22.8 Å². The molecule has 0 atom stereocenters. The van der Waals surface area contributed by atoms with Crippen LogP contribution in [-0.2, 0) is 12.7 Å². The Kier molecular flexibility index (Phi) is 3.19. The van der Waals surface area contributed by atoms with Crippen LogP contribution in [0.15, 0.2) is 34.4 Å². The molecule has 0 saturated carbocycles. The molecule has 100 valence electrons. The minimum atomic E-state index is -4.66. The molecule has 0 saturated heterocycles. The topological polar surface area (TPSA) is 80.6 Å². The molecule has 1 N–H and O–H groups in total. The number of alkyl halides is 3. The van der Waals surface area contributed by atoms with Gasteiger partial charge in [0.1, 0.15) is 0 Å². The molecule has 19 heavy (non-hydrogen) atoms. The molecule has 6 nitrogen and oxygen atoms in total. The Hall–Kier alpha value is -2.45. The van der Waals surface area contributed by atoms with Crippen LogP contribution in [0.25, 0.3) is 0 Å². The van der Waals surface area contributed by atoms with Crippen molar-refractivity contribution in [1.29, 1.82) is 0 Å². The monoisotopic (exact) mass is 272 g/mol. The van der Waals surface area contributed by atoms with E-state index in [-0.39, 0.29) is 6.54 Å². The van der Waals surface area contributed by atoms with E-state index in [1.165, 1.54) is 6.20 Å². The highest BCUT2D eigenvalue weighted by molar-refractivity contribution is 5.05. The average Bonchev–Trinajstić information content (AvgIpc) is 2.33. The summed E-state index contributed by atoms with van der Waals surface area (Å²) in [5.74, 6) is 0. The molecule has 0 aromatic carbocycles. The summed E-state index contributed by atoms with van der Waals surface area (Å²) in [5, 5.41) is 0. The lowest BCUT2D eigenvalue weighted by atomic mass is 10.4. The van der Waals surface area contributed by atoms with Gasteiger partial charge in [0, 0.05) is 12.3 Å². The maximum absolute atomic E-state index is 12.3. The van der Waals surface area contributed by atoms with E-state index < -0.39 is 23.0 Å². The minimum Gasteiger partial charge on any atom is -0.326 e. The quantitative estimate of drug-likeness (QED) is 0.857. The van der Waals surface area contributed by atoms with Gasteiger partial charge >= 0.3 is 6.18 Å². The largest absolute Gasteiger partial charge is 0.433 e. The lowest BCUT2D eigenvalue weighted by molar-refractivity contribution is -0.141. The Morgan fingerprint density at radius 3 is 2.53 bits per heavy atom. The maximum Gasteiger partial charge on any atom is 0.433 e. The van der Waals surface area contributed by atoms with Crippen molar-refractivity contribution in [2.24, 2.45) is 0 Å². The van der Waals surface area contributed by atoms with Crippen LogP contribution < -0.4 is 11.1 Å². The molecule has 0 fully saturated rings. The SMILES string of the molecule is O=c1cnc(Cn2cnc(C(F)(F)F)cc2=O)c[nH]1. The van der Waals surface area contributed by atoms with Crippen LogP contribution in [0.5, 0.6) is 0 Å². The molecule has 0 amide bonds. The number of rotatable bonds is 2. The molecule has 0 spiro atoms. The van der Waals surface area contributed by atoms with Crippen LogP contribution in [0, 0.1) is 0 Å². The first-order valence-corrected chi connectivity index (χ1v) is 5.03. The molecule has 0 aliphatic rings. The number of halogens is 3. The molecule has 0 radical (unpaired) electrons. The summed E-state index contributed by atoms with van der Waals surface area (Å²) in [6, 6.07) is 0.408. The van der Waals surface area contributed by atoms with Gasteiger partial charge in [0.05, 0.1) is 24.8 Å². The highest BCUT2D eigenvalue weighted by atomic mass is 19.4. The van der Waals surface area contributed by atoms with E-state index in [1.54, 1.807) is 0 Å². The maximum atomic E-state index is 12.3. The Morgan fingerprint density at radius 2 is 2.00 bits per heavy atom. The Bertz CT molecular complexity index is 684. The summed E-state index contributed by atoms with van der Waals surface area (Å²) in [5.41, 5.74) is -2.19. The average molecular weight is 272 g/mol. The lowest BCUT2D eigenvalue weighted by Crippen LogP contribution is -2.24. The fourth-order valence-corrected chi connectivity index (χ4v) is 1.33. The van der Waals surface area contributed by atoms with Crippen LogP contribution >= 0.6 is 0 Å². The third-order valence-electron chi connectivity index (χ3n) is 2.23. The number of hydrogen-bond donors (Lipinski definition) is 1. The van der Waals surface area contributed by atoms with E-state index in [0.29, 0.717) is 11.8 Å². The number of nitrogens with one attached hydrogen (secondary N) is 1. The zero-order chi connectivity index (χ0) is 14.0. The van der Waals surface area contributed by atoms with E-state index >= 15 is 0 Å². The summed E-state index contributed by atoms with van der Waals surface area (Å²) in [7, 11) is 0. The van der Waals surface area contributed by atoms with Crippen molar-refractivity contribution in [3.63, 3.8) is 0 Å². The highest BCUT2D eigenvalue weighted by Crippen LogP contribution is 2.25. The van der Waals surface area contributed by atoms with Crippen LogP contribution in [0.2, 0.25) is 0 Å². The molecule has 9 heteroatoms. The fourth-order valence-electron chi connectivity index (χ4n) is 1.33. The summed E-state index contributed by atoms with van der Waals surface area (Å²) < 4.78 is 37.9. The number of H-pyrrole nitrogens is 1. The van der Waals surface area contributed by atoms with Crippen molar-refractivity contribution < 1.29 is 13.2 Å². The van der Waals surface area contributed by atoms with Crippen molar-refractivity contribution >= 4 is 0 Å². The van der Waals surface area contributed by atoms with Crippen molar-refractivity contribution in [1.82, 2.24) is 19.5 Å². The van der Waals surface area contributed by atoms with E-state index in [2.05, 4.69) is 15.0 Å². The number of aromatic nitrogens is 4. The van der Waals surface area contributed by atoms with Crippen molar-refractivity contribution in [3.8, 4) is 0 Å². The van der Waals surface area contributed by atoms with Gasteiger partial charge in [-0.1, -0.05) is 0 Å². The van der Waals surface area contributed by atoms with Gasteiger partial charge in [0.15, 0.2) is 5.69 Å². The van der Waals surface area contributed by atoms with E-state index in [1.807, 2.05) is 0 Å². The van der Waals surface area contributed by atoms with Gasteiger partial charge in [-0.2, -0.15) is 13.2 Å². The van der Waals surface area contributed by atoms with Crippen LogP contribution in [0.3, 0.4) is 0 Å². The third kappa shape index (κ3) is 3.06. The summed E-state index contributed by atoms with van der Waals surface area (Å²) >= 11 is 0. The fraction of sp³-hybridized carbons (Fsp3) is 0.200. The van der Waals surface area contributed by atoms with Gasteiger partial charge < -0.3 is 4.98 Å². The molecule has 2 aromatic rings. The molecular weight excluding hydrogens is 265 g/mol. The zero-order valence-electron chi connectivity index (χ0n) is 9.31. The Balaban J connectivity index is 2.30. The lowest BCUT2D eigenvalue weighted by Gasteiger charge is -2.07. The van der Waals surface area contributed by atoms with E-state index in [0.717, 1.165) is 17.1 Å². The highest BCUT2D eigenvalue weighted by Gasteiger charge is 2.32. The second-order valence-corrected chi connectivity index (χ2v) is 3.64. The first kappa shape index (κ1) is 13.0.